The highest BCUT2D eigenvalue weighted by Gasteiger charge is 2.37. The third-order valence-corrected chi connectivity index (χ3v) is 6.10. The molecule has 2 aromatic rings. The predicted molar refractivity (Wildman–Crippen MR) is 113 cm³/mol. The number of anilines is 2. The first-order valence-electron chi connectivity index (χ1n) is 9.94. The molecule has 5 rings (SSSR count). The summed E-state index contributed by atoms with van der Waals surface area (Å²) in [6.45, 7) is 3.17. The summed E-state index contributed by atoms with van der Waals surface area (Å²) in [5.74, 6) is 0.298. The number of carbonyl (C=O) groups excluding carboxylic acids is 1. The Kier molecular flexibility index (Phi) is 4.60. The van der Waals surface area contributed by atoms with Crippen molar-refractivity contribution >= 4 is 29.5 Å². The Morgan fingerprint density at radius 1 is 1.03 bits per heavy atom. The molecular formula is C21H22N4O3S. The van der Waals surface area contributed by atoms with E-state index >= 15 is 0 Å². The van der Waals surface area contributed by atoms with Gasteiger partial charge in [0.2, 0.25) is 0 Å². The van der Waals surface area contributed by atoms with E-state index in [1.807, 2.05) is 12.1 Å². The van der Waals surface area contributed by atoms with Crippen LogP contribution in [0.4, 0.5) is 11.5 Å². The van der Waals surface area contributed by atoms with Crippen LogP contribution in [0, 0.1) is 4.77 Å². The van der Waals surface area contributed by atoms with Gasteiger partial charge in [0, 0.05) is 42.4 Å². The molecule has 1 fully saturated rings. The third kappa shape index (κ3) is 3.22. The molecule has 1 aromatic carbocycles. The molecule has 8 heteroatoms. The predicted octanol–water partition coefficient (Wildman–Crippen LogP) is 2.83. The normalized spacial score (nSPS) is 21.4. The summed E-state index contributed by atoms with van der Waals surface area (Å²) in [4.78, 5) is 33.7. The lowest BCUT2D eigenvalue weighted by Crippen LogP contribution is -2.36. The average molecular weight is 410 g/mol. The van der Waals surface area contributed by atoms with Crippen molar-refractivity contribution in [1.82, 2.24) is 9.97 Å². The van der Waals surface area contributed by atoms with Gasteiger partial charge in [-0.1, -0.05) is 12.1 Å². The average Bonchev–Trinajstić information content (AvgIpc) is 2.73. The smallest absolute Gasteiger partial charge is 0.257 e. The number of Topliss-reactive ketones (excluding diaryl/α,β-unsaturated/α-hetero) is 1. The van der Waals surface area contributed by atoms with Crippen LogP contribution in [-0.4, -0.2) is 42.1 Å². The summed E-state index contributed by atoms with van der Waals surface area (Å²) in [7, 11) is 0. The van der Waals surface area contributed by atoms with E-state index in [1.54, 1.807) is 0 Å². The molecule has 1 atom stereocenters. The second-order valence-electron chi connectivity index (χ2n) is 7.61. The Bertz CT molecular complexity index is 1110. The van der Waals surface area contributed by atoms with Gasteiger partial charge in [-0.25, -0.2) is 0 Å². The first-order chi connectivity index (χ1) is 14.1. The van der Waals surface area contributed by atoms with Gasteiger partial charge in [-0.2, -0.15) is 0 Å². The molecule has 1 saturated heterocycles. The molecule has 0 saturated carbocycles. The van der Waals surface area contributed by atoms with Crippen molar-refractivity contribution in [3.05, 3.63) is 61.8 Å². The van der Waals surface area contributed by atoms with Gasteiger partial charge in [0.25, 0.3) is 5.56 Å². The number of aromatic amines is 2. The molecule has 0 spiro atoms. The number of hydrogen-bond acceptors (Lipinski definition) is 6. The fraction of sp³-hybridized carbons (Fsp3) is 0.381. The lowest BCUT2D eigenvalue weighted by molar-refractivity contribution is -0.116. The fourth-order valence-electron chi connectivity index (χ4n) is 4.53. The summed E-state index contributed by atoms with van der Waals surface area (Å²) >= 11 is 5.15. The van der Waals surface area contributed by atoms with E-state index in [-0.39, 0.29) is 16.1 Å². The number of ether oxygens (including phenoxy) is 1. The molecule has 2 aliphatic heterocycles. The van der Waals surface area contributed by atoms with Gasteiger partial charge in [-0.05, 0) is 42.8 Å². The Balaban J connectivity index is 1.62. The largest absolute Gasteiger partial charge is 0.378 e. The van der Waals surface area contributed by atoms with E-state index in [0.29, 0.717) is 23.4 Å². The second-order valence-corrected chi connectivity index (χ2v) is 8.02. The molecule has 150 valence electrons. The van der Waals surface area contributed by atoms with E-state index in [0.717, 1.165) is 56.1 Å². The van der Waals surface area contributed by atoms with E-state index < -0.39 is 5.92 Å². The number of fused-ring (bicyclic) bond motifs is 1. The molecule has 7 nitrogen and oxygen atoms in total. The molecule has 0 unspecified atom stereocenters. The van der Waals surface area contributed by atoms with Gasteiger partial charge >= 0.3 is 0 Å². The van der Waals surface area contributed by atoms with E-state index in [1.165, 1.54) is 0 Å². The zero-order valence-electron chi connectivity index (χ0n) is 15.9. The van der Waals surface area contributed by atoms with Crippen molar-refractivity contribution in [3.63, 3.8) is 0 Å². The summed E-state index contributed by atoms with van der Waals surface area (Å²) in [5, 5.41) is 3.27. The monoisotopic (exact) mass is 410 g/mol. The van der Waals surface area contributed by atoms with E-state index in [9.17, 15) is 9.59 Å². The van der Waals surface area contributed by atoms with Crippen LogP contribution in [0.2, 0.25) is 0 Å². The zero-order valence-corrected chi connectivity index (χ0v) is 16.7. The molecular weight excluding hydrogens is 388 g/mol. The van der Waals surface area contributed by atoms with Gasteiger partial charge in [0.15, 0.2) is 10.6 Å². The van der Waals surface area contributed by atoms with Crippen LogP contribution >= 0.6 is 12.2 Å². The van der Waals surface area contributed by atoms with Crippen LogP contribution < -0.4 is 15.8 Å². The number of ketones is 1. The van der Waals surface area contributed by atoms with Gasteiger partial charge < -0.3 is 19.9 Å². The van der Waals surface area contributed by atoms with Crippen LogP contribution in [0.3, 0.4) is 0 Å². The zero-order chi connectivity index (χ0) is 20.0. The minimum atomic E-state index is -0.400. The van der Waals surface area contributed by atoms with Crippen LogP contribution in [0.1, 0.15) is 36.3 Å². The molecule has 3 aliphatic rings. The first-order valence-corrected chi connectivity index (χ1v) is 10.3. The number of nitrogens with zero attached hydrogens (tertiary/aromatic N) is 1. The summed E-state index contributed by atoms with van der Waals surface area (Å²) in [5.41, 5.74) is 3.92. The molecule has 1 aliphatic carbocycles. The first kappa shape index (κ1) is 18.3. The Labute approximate surface area is 172 Å². The number of allylic oxidation sites excluding steroid dienone is 2. The highest BCUT2D eigenvalue weighted by molar-refractivity contribution is 7.71. The molecule has 3 heterocycles. The molecule has 0 bridgehead atoms. The van der Waals surface area contributed by atoms with Gasteiger partial charge in [-0.15, -0.1) is 0 Å². The number of benzene rings is 1. The lowest BCUT2D eigenvalue weighted by Gasteiger charge is -2.33. The molecule has 0 amide bonds. The lowest BCUT2D eigenvalue weighted by atomic mass is 9.76. The maximum atomic E-state index is 12.9. The highest BCUT2D eigenvalue weighted by Crippen LogP contribution is 2.43. The van der Waals surface area contributed by atoms with Gasteiger partial charge in [0.1, 0.15) is 5.82 Å². The van der Waals surface area contributed by atoms with Gasteiger partial charge in [0.05, 0.1) is 18.8 Å². The maximum Gasteiger partial charge on any atom is 0.257 e. The topological polar surface area (TPSA) is 90.2 Å². The van der Waals surface area contributed by atoms with E-state index in [4.69, 9.17) is 17.0 Å². The maximum absolute atomic E-state index is 12.9. The number of H-pyrrole nitrogens is 2. The van der Waals surface area contributed by atoms with Crippen LogP contribution in [0.15, 0.2) is 40.3 Å². The quantitative estimate of drug-likeness (QED) is 0.660. The van der Waals surface area contributed by atoms with Crippen LogP contribution in [0.5, 0.6) is 0 Å². The molecule has 3 N–H and O–H groups in total. The van der Waals surface area contributed by atoms with Crippen LogP contribution in [-0.2, 0) is 9.53 Å². The van der Waals surface area contributed by atoms with Crippen molar-refractivity contribution < 1.29 is 9.53 Å². The van der Waals surface area contributed by atoms with Crippen molar-refractivity contribution in [2.45, 2.75) is 25.2 Å². The van der Waals surface area contributed by atoms with Crippen LogP contribution in [0.25, 0.3) is 0 Å². The molecule has 1 aromatic heterocycles. The number of morpholine rings is 1. The standard InChI is InChI=1S/C21H22N4O3S/c26-15-3-1-2-14-17(15)16(18-19(22-14)23-21(29)24-20(18)27)12-4-6-13(7-5-12)25-8-10-28-11-9-25/h4-7,16H,1-3,8-11H2,(H3,22,23,24,27,29)/t16-/m0/s1. The number of aromatic nitrogens is 2. The van der Waals surface area contributed by atoms with Crippen molar-refractivity contribution in [3.8, 4) is 0 Å². The summed E-state index contributed by atoms with van der Waals surface area (Å²) < 4.78 is 5.70. The van der Waals surface area contributed by atoms with Crippen molar-refractivity contribution in [2.75, 3.05) is 36.5 Å². The van der Waals surface area contributed by atoms with Crippen molar-refractivity contribution in [1.29, 1.82) is 0 Å². The third-order valence-electron chi connectivity index (χ3n) is 5.89. The molecule has 29 heavy (non-hydrogen) atoms. The number of rotatable bonds is 2. The number of nitrogens with one attached hydrogen (secondary N) is 3. The summed E-state index contributed by atoms with van der Waals surface area (Å²) in [6.07, 6.45) is 2.11. The second kappa shape index (κ2) is 7.27. The minimum Gasteiger partial charge on any atom is -0.378 e. The van der Waals surface area contributed by atoms with E-state index in [2.05, 4.69) is 32.3 Å². The van der Waals surface area contributed by atoms with Crippen molar-refractivity contribution in [2.24, 2.45) is 0 Å². The highest BCUT2D eigenvalue weighted by atomic mass is 32.1. The Morgan fingerprint density at radius 3 is 2.55 bits per heavy atom. The number of hydrogen-bond donors (Lipinski definition) is 3. The summed E-state index contributed by atoms with van der Waals surface area (Å²) in [6, 6.07) is 8.18. The van der Waals surface area contributed by atoms with Gasteiger partial charge in [-0.3, -0.25) is 14.6 Å². The number of carbonyl (C=O) groups is 1. The fourth-order valence-corrected chi connectivity index (χ4v) is 4.72. The SMILES string of the molecule is O=C1CCCC2=C1[C@H](c1ccc(N3CCOCC3)cc1)c1c([nH]c(=S)[nH]c1=O)N2. The minimum absolute atomic E-state index is 0.105. The Hall–Kier alpha value is -2.71. The molecule has 0 radical (unpaired) electrons. The Morgan fingerprint density at radius 2 is 1.79 bits per heavy atom.